The van der Waals surface area contributed by atoms with Crippen LogP contribution in [-0.2, 0) is 15.8 Å². The van der Waals surface area contributed by atoms with Crippen LogP contribution in [0, 0.1) is 12.7 Å². The van der Waals surface area contributed by atoms with E-state index in [1.165, 1.54) is 24.3 Å². The smallest absolute Gasteiger partial charge is 0.215 e. The van der Waals surface area contributed by atoms with E-state index in [0.29, 0.717) is 5.56 Å². The van der Waals surface area contributed by atoms with Crippen molar-refractivity contribution < 1.29 is 12.8 Å². The SMILES string of the molecule is Cc1ccc(C(CNS(=O)(=O)Cc2ccc(F)cc2)N(C)C)cc1. The second kappa shape index (κ2) is 7.88. The molecule has 0 bridgehead atoms. The summed E-state index contributed by atoms with van der Waals surface area (Å²) in [6, 6.07) is 13.5. The molecule has 1 atom stereocenters. The maximum atomic E-state index is 12.9. The first kappa shape index (κ1) is 18.6. The van der Waals surface area contributed by atoms with Gasteiger partial charge in [0, 0.05) is 12.6 Å². The first-order valence-electron chi connectivity index (χ1n) is 7.71. The zero-order chi connectivity index (χ0) is 17.7. The number of hydrogen-bond donors (Lipinski definition) is 1. The zero-order valence-corrected chi connectivity index (χ0v) is 15.0. The Morgan fingerprint density at radius 1 is 1.04 bits per heavy atom. The summed E-state index contributed by atoms with van der Waals surface area (Å²) in [5, 5.41) is 0. The molecule has 0 fully saturated rings. The molecule has 0 spiro atoms. The summed E-state index contributed by atoms with van der Waals surface area (Å²) in [5.41, 5.74) is 2.77. The number of likely N-dealkylation sites (N-methyl/N-ethyl adjacent to an activating group) is 1. The molecular formula is C18H23FN2O2S. The van der Waals surface area contributed by atoms with E-state index < -0.39 is 10.0 Å². The van der Waals surface area contributed by atoms with E-state index in [1.807, 2.05) is 50.2 Å². The summed E-state index contributed by atoms with van der Waals surface area (Å²) in [6.07, 6.45) is 0. The monoisotopic (exact) mass is 350 g/mol. The fraction of sp³-hybridized carbons (Fsp3) is 0.333. The Morgan fingerprint density at radius 2 is 1.62 bits per heavy atom. The molecule has 0 aliphatic heterocycles. The minimum Gasteiger partial charge on any atom is -0.301 e. The van der Waals surface area contributed by atoms with E-state index in [4.69, 9.17) is 0 Å². The van der Waals surface area contributed by atoms with Crippen LogP contribution in [-0.4, -0.2) is 34.0 Å². The van der Waals surface area contributed by atoms with Gasteiger partial charge < -0.3 is 4.90 Å². The maximum absolute atomic E-state index is 12.9. The first-order valence-corrected chi connectivity index (χ1v) is 9.37. The van der Waals surface area contributed by atoms with Crippen molar-refractivity contribution in [3.05, 3.63) is 71.0 Å². The molecule has 2 aromatic rings. The normalized spacial score (nSPS) is 13.2. The van der Waals surface area contributed by atoms with Crippen molar-refractivity contribution in [2.45, 2.75) is 18.7 Å². The van der Waals surface area contributed by atoms with Crippen LogP contribution in [0.3, 0.4) is 0 Å². The number of benzene rings is 2. The molecule has 0 saturated carbocycles. The van der Waals surface area contributed by atoms with E-state index in [2.05, 4.69) is 4.72 Å². The highest BCUT2D eigenvalue weighted by Gasteiger charge is 2.18. The Balaban J connectivity index is 2.05. The van der Waals surface area contributed by atoms with Crippen LogP contribution in [0.25, 0.3) is 0 Å². The number of nitrogens with zero attached hydrogens (tertiary/aromatic N) is 1. The fourth-order valence-electron chi connectivity index (χ4n) is 2.44. The molecule has 2 aromatic carbocycles. The molecule has 0 amide bonds. The van der Waals surface area contributed by atoms with Crippen LogP contribution >= 0.6 is 0 Å². The van der Waals surface area contributed by atoms with Gasteiger partial charge >= 0.3 is 0 Å². The first-order chi connectivity index (χ1) is 11.3. The maximum Gasteiger partial charge on any atom is 0.215 e. The third-order valence-electron chi connectivity index (χ3n) is 3.85. The number of hydrogen-bond acceptors (Lipinski definition) is 3. The third kappa shape index (κ3) is 5.40. The zero-order valence-electron chi connectivity index (χ0n) is 14.2. The number of nitrogens with one attached hydrogen (secondary N) is 1. The van der Waals surface area contributed by atoms with Gasteiger partial charge in [-0.15, -0.1) is 0 Å². The van der Waals surface area contributed by atoms with Crippen LogP contribution in [0.15, 0.2) is 48.5 Å². The van der Waals surface area contributed by atoms with Crippen molar-refractivity contribution >= 4 is 10.0 Å². The Bertz CT molecular complexity index is 757. The van der Waals surface area contributed by atoms with Gasteiger partial charge in [-0.25, -0.2) is 17.5 Å². The van der Waals surface area contributed by atoms with Gasteiger partial charge in [0.15, 0.2) is 0 Å². The topological polar surface area (TPSA) is 49.4 Å². The molecule has 0 saturated heterocycles. The minimum absolute atomic E-state index is 0.0615. The van der Waals surface area contributed by atoms with E-state index >= 15 is 0 Å². The molecule has 0 aromatic heterocycles. The molecule has 1 unspecified atom stereocenters. The number of halogens is 1. The Kier molecular flexibility index (Phi) is 6.10. The molecule has 2 rings (SSSR count). The second-order valence-electron chi connectivity index (χ2n) is 6.12. The van der Waals surface area contributed by atoms with Crippen molar-refractivity contribution in [1.29, 1.82) is 0 Å². The van der Waals surface area contributed by atoms with Crippen LogP contribution in [0.5, 0.6) is 0 Å². The van der Waals surface area contributed by atoms with Crippen LogP contribution in [0.2, 0.25) is 0 Å². The largest absolute Gasteiger partial charge is 0.301 e. The highest BCUT2D eigenvalue weighted by atomic mass is 32.2. The van der Waals surface area contributed by atoms with E-state index in [0.717, 1.165) is 11.1 Å². The molecule has 24 heavy (non-hydrogen) atoms. The van der Waals surface area contributed by atoms with Crippen molar-refractivity contribution in [3.8, 4) is 0 Å². The van der Waals surface area contributed by atoms with Crippen molar-refractivity contribution in [2.24, 2.45) is 0 Å². The molecule has 130 valence electrons. The van der Waals surface area contributed by atoms with Crippen molar-refractivity contribution in [1.82, 2.24) is 9.62 Å². The number of aryl methyl sites for hydroxylation is 1. The van der Waals surface area contributed by atoms with Gasteiger partial charge in [0.2, 0.25) is 10.0 Å². The van der Waals surface area contributed by atoms with Crippen LogP contribution < -0.4 is 4.72 Å². The molecular weight excluding hydrogens is 327 g/mol. The molecule has 1 N–H and O–H groups in total. The summed E-state index contributed by atoms with van der Waals surface area (Å²) in [4.78, 5) is 1.98. The van der Waals surface area contributed by atoms with E-state index in [1.54, 1.807) is 0 Å². The summed E-state index contributed by atoms with van der Waals surface area (Å²) in [7, 11) is 0.340. The van der Waals surface area contributed by atoms with Crippen molar-refractivity contribution in [2.75, 3.05) is 20.6 Å². The molecule has 0 aliphatic rings. The lowest BCUT2D eigenvalue weighted by atomic mass is 10.0. The second-order valence-corrected chi connectivity index (χ2v) is 7.93. The predicted octanol–water partition coefficient (Wildman–Crippen LogP) is 2.86. The van der Waals surface area contributed by atoms with Gasteiger partial charge in [0.25, 0.3) is 0 Å². The predicted molar refractivity (Wildman–Crippen MR) is 94.6 cm³/mol. The van der Waals surface area contributed by atoms with Gasteiger partial charge in [0.1, 0.15) is 5.82 Å². The van der Waals surface area contributed by atoms with Gasteiger partial charge in [-0.05, 0) is 44.3 Å². The minimum atomic E-state index is -3.49. The van der Waals surface area contributed by atoms with Crippen molar-refractivity contribution in [3.63, 3.8) is 0 Å². The average molecular weight is 350 g/mol. The Labute approximate surface area is 143 Å². The summed E-state index contributed by atoms with van der Waals surface area (Å²) >= 11 is 0. The number of sulfonamides is 1. The Morgan fingerprint density at radius 3 is 2.17 bits per heavy atom. The van der Waals surface area contributed by atoms with E-state index in [9.17, 15) is 12.8 Å². The standard InChI is InChI=1S/C18H23FN2O2S/c1-14-4-8-16(9-5-14)18(21(2)3)12-20-24(22,23)13-15-6-10-17(19)11-7-15/h4-11,18,20H,12-13H2,1-3H3. The van der Waals surface area contributed by atoms with Crippen LogP contribution in [0.1, 0.15) is 22.7 Å². The lowest BCUT2D eigenvalue weighted by Gasteiger charge is -2.25. The van der Waals surface area contributed by atoms with Gasteiger partial charge in [-0.3, -0.25) is 0 Å². The van der Waals surface area contributed by atoms with Crippen LogP contribution in [0.4, 0.5) is 4.39 Å². The quantitative estimate of drug-likeness (QED) is 0.835. The lowest BCUT2D eigenvalue weighted by molar-refractivity contribution is 0.299. The third-order valence-corrected chi connectivity index (χ3v) is 5.17. The summed E-state index contributed by atoms with van der Waals surface area (Å²) < 4.78 is 40.1. The van der Waals surface area contributed by atoms with Gasteiger partial charge in [0.05, 0.1) is 5.75 Å². The Hall–Kier alpha value is -1.76. The lowest BCUT2D eigenvalue weighted by Crippen LogP contribution is -2.35. The van der Waals surface area contributed by atoms with Gasteiger partial charge in [-0.2, -0.15) is 0 Å². The molecule has 4 nitrogen and oxygen atoms in total. The summed E-state index contributed by atoms with van der Waals surface area (Å²) in [5.74, 6) is -0.544. The van der Waals surface area contributed by atoms with Gasteiger partial charge in [-0.1, -0.05) is 42.0 Å². The molecule has 0 radical (unpaired) electrons. The fourth-order valence-corrected chi connectivity index (χ4v) is 3.59. The highest BCUT2D eigenvalue weighted by Crippen LogP contribution is 2.18. The average Bonchev–Trinajstić information content (AvgIpc) is 2.51. The molecule has 6 heteroatoms. The molecule has 0 aliphatic carbocycles. The number of rotatable bonds is 7. The summed E-state index contributed by atoms with van der Waals surface area (Å²) in [6.45, 7) is 2.29. The highest BCUT2D eigenvalue weighted by molar-refractivity contribution is 7.88. The van der Waals surface area contributed by atoms with E-state index in [-0.39, 0.29) is 24.2 Å². The molecule has 0 heterocycles.